The van der Waals surface area contributed by atoms with Crippen molar-refractivity contribution in [1.29, 1.82) is 0 Å². The summed E-state index contributed by atoms with van der Waals surface area (Å²) < 4.78 is 0.479. The fourth-order valence-electron chi connectivity index (χ4n) is 2.27. The zero-order valence-electron chi connectivity index (χ0n) is 12.1. The van der Waals surface area contributed by atoms with Crippen molar-refractivity contribution in [2.24, 2.45) is 11.8 Å². The van der Waals surface area contributed by atoms with E-state index in [1.807, 2.05) is 0 Å². The standard InChI is InChI=1S/2C8H11.Fe.K/c2*1-7(2)8-5-3-4-6-8;;/h2*3-7H,1-2H3;;/q;;;+2. The summed E-state index contributed by atoms with van der Waals surface area (Å²) in [5.41, 5.74) is 0. The van der Waals surface area contributed by atoms with Gasteiger partial charge in [-0.3, -0.25) is 0 Å². The van der Waals surface area contributed by atoms with Gasteiger partial charge in [-0.15, -0.1) is 0 Å². The van der Waals surface area contributed by atoms with Gasteiger partial charge in [0.25, 0.3) is 0 Å². The van der Waals surface area contributed by atoms with Crippen LogP contribution < -0.4 is 0 Å². The molecule has 0 fully saturated rings. The molecular weight excluding hydrogens is 287 g/mol. The number of rotatable bonds is 4. The van der Waals surface area contributed by atoms with E-state index in [0.29, 0.717) is 11.8 Å². The smallest absolute Gasteiger partial charge is 2.00 e. The molecule has 0 unspecified atom stereocenters. The molecule has 93 valence electrons. The molecule has 0 saturated heterocycles. The number of allylic oxidation sites excluding steroid dienone is 8. The van der Waals surface area contributed by atoms with Crippen LogP contribution in [0.15, 0.2) is 48.6 Å². The van der Waals surface area contributed by atoms with Crippen LogP contribution in [0.25, 0.3) is 0 Å². The zero-order valence-corrected chi connectivity index (χ0v) is 16.4. The minimum Gasteiger partial charge on any atom is 2.00 e. The maximum absolute atomic E-state index is 2.39. The predicted octanol–water partition coefficient (Wildman–Crippen LogP) is 4.57. The molecule has 0 aromatic rings. The Labute approximate surface area is 161 Å². The second-order valence-corrected chi connectivity index (χ2v) is 7.64. The van der Waals surface area contributed by atoms with Crippen molar-refractivity contribution in [3.63, 3.8) is 0 Å². The molecule has 2 aliphatic carbocycles. The van der Waals surface area contributed by atoms with Crippen LogP contribution in [0.2, 0.25) is 8.63 Å². The molecule has 0 amide bonds. The van der Waals surface area contributed by atoms with E-state index in [-0.39, 0.29) is 60.0 Å². The van der Waals surface area contributed by atoms with E-state index in [1.54, 1.807) is 0 Å². The van der Waals surface area contributed by atoms with Crippen LogP contribution in [0, 0.1) is 11.8 Å². The first-order valence-electron chi connectivity index (χ1n) is 6.40. The van der Waals surface area contributed by atoms with Gasteiger partial charge in [-0.1, -0.05) is 0 Å². The molecule has 0 spiro atoms. The summed E-state index contributed by atoms with van der Waals surface area (Å²) in [6.45, 7) is 9.32. The van der Waals surface area contributed by atoms with Crippen LogP contribution in [-0.2, 0) is 15.0 Å². The van der Waals surface area contributed by atoms with Crippen LogP contribution in [0.5, 0.6) is 0 Å². The molecule has 0 aromatic carbocycles. The molecule has 0 nitrogen and oxygen atoms in total. The average Bonchev–Trinajstić information content (AvgIpc) is 2.88. The van der Waals surface area contributed by atoms with Gasteiger partial charge in [0.2, 0.25) is 0 Å². The summed E-state index contributed by atoms with van der Waals surface area (Å²) in [5, 5.41) is 0. The van der Waals surface area contributed by atoms with Crippen molar-refractivity contribution >= 4 is 51.4 Å². The van der Waals surface area contributed by atoms with Gasteiger partial charge in [0, 0.05) is 0 Å². The average molecular weight is 309 g/mol. The van der Waals surface area contributed by atoms with E-state index in [9.17, 15) is 0 Å². The van der Waals surface area contributed by atoms with E-state index in [2.05, 4.69) is 76.3 Å². The minimum absolute atomic E-state index is 0. The van der Waals surface area contributed by atoms with E-state index in [1.165, 1.54) is 15.0 Å². The molecule has 2 aliphatic rings. The quantitative estimate of drug-likeness (QED) is 0.667. The summed E-state index contributed by atoms with van der Waals surface area (Å²) in [5.74, 6) is 1.30. The van der Waals surface area contributed by atoms with Crippen molar-refractivity contribution < 1.29 is 15.0 Å². The fourth-order valence-corrected chi connectivity index (χ4v) is 4.53. The molecular formula is C16H22FeK+2. The van der Waals surface area contributed by atoms with Gasteiger partial charge < -0.3 is 0 Å². The molecule has 0 aliphatic heterocycles. The first kappa shape index (κ1) is 17.2. The largest absolute Gasteiger partial charge is 2.00 e. The van der Waals surface area contributed by atoms with Crippen molar-refractivity contribution in [1.82, 2.24) is 0 Å². The predicted molar refractivity (Wildman–Crippen MR) is 77.4 cm³/mol. The molecule has 0 saturated carbocycles. The third-order valence-electron chi connectivity index (χ3n) is 3.66. The molecule has 18 heavy (non-hydrogen) atoms. The van der Waals surface area contributed by atoms with Gasteiger partial charge in [-0.2, -0.15) is 0 Å². The van der Waals surface area contributed by atoms with Crippen molar-refractivity contribution in [3.05, 3.63) is 48.6 Å². The summed E-state index contributed by atoms with van der Waals surface area (Å²) in [6.07, 6.45) is 18.4. The Balaban J connectivity index is 0.00000162. The Bertz CT molecular complexity index is 337. The van der Waals surface area contributed by atoms with Gasteiger partial charge in [-0.05, 0) is 0 Å². The topological polar surface area (TPSA) is 0 Å². The molecule has 0 bridgehead atoms. The fraction of sp³-hybridized carbons (Fsp3) is 0.500. The van der Waals surface area contributed by atoms with Crippen LogP contribution in [-0.4, -0.2) is 51.4 Å². The zero-order chi connectivity index (χ0) is 12.5. The Morgan fingerprint density at radius 1 is 0.667 bits per heavy atom. The molecule has 9 radical (unpaired) electrons. The second-order valence-electron chi connectivity index (χ2n) is 5.45. The first-order chi connectivity index (χ1) is 8.01. The SMILES string of the molecule is CC(C)[C]1([Fe][C]2(C(C)C)C=CC=C2)C=CC=C1.[K+2]. The Morgan fingerprint density at radius 2 is 0.944 bits per heavy atom. The van der Waals surface area contributed by atoms with Gasteiger partial charge in [0.1, 0.15) is 0 Å². The van der Waals surface area contributed by atoms with Gasteiger partial charge in [0.15, 0.2) is 0 Å². The summed E-state index contributed by atoms with van der Waals surface area (Å²) >= 11 is 1.19. The van der Waals surface area contributed by atoms with Gasteiger partial charge >= 0.3 is 163 Å². The van der Waals surface area contributed by atoms with Crippen LogP contribution in [0.3, 0.4) is 0 Å². The minimum atomic E-state index is 0. The van der Waals surface area contributed by atoms with E-state index in [0.717, 1.165) is 0 Å². The van der Waals surface area contributed by atoms with Crippen molar-refractivity contribution in [3.8, 4) is 0 Å². The van der Waals surface area contributed by atoms with Crippen LogP contribution >= 0.6 is 0 Å². The maximum atomic E-state index is 2.39. The monoisotopic (exact) mass is 309 g/mol. The van der Waals surface area contributed by atoms with Crippen LogP contribution in [0.4, 0.5) is 0 Å². The molecule has 2 heteroatoms. The van der Waals surface area contributed by atoms with Crippen LogP contribution in [0.1, 0.15) is 27.7 Å². The van der Waals surface area contributed by atoms with Gasteiger partial charge in [-0.25, -0.2) is 0 Å². The summed E-state index contributed by atoms with van der Waals surface area (Å²) in [7, 11) is 0. The molecule has 0 atom stereocenters. The molecule has 2 rings (SSSR count). The summed E-state index contributed by atoms with van der Waals surface area (Å²) in [6, 6.07) is 0. The molecule has 0 N–H and O–H groups in total. The molecule has 0 heterocycles. The van der Waals surface area contributed by atoms with E-state index >= 15 is 0 Å². The second kappa shape index (κ2) is 6.71. The third-order valence-corrected chi connectivity index (χ3v) is 6.63. The van der Waals surface area contributed by atoms with Gasteiger partial charge in [0.05, 0.1) is 0 Å². The number of hydrogen-bond donors (Lipinski definition) is 0. The number of hydrogen-bond acceptors (Lipinski definition) is 0. The van der Waals surface area contributed by atoms with E-state index in [4.69, 9.17) is 0 Å². The van der Waals surface area contributed by atoms with E-state index < -0.39 is 0 Å². The Morgan fingerprint density at radius 3 is 1.17 bits per heavy atom. The van der Waals surface area contributed by atoms with Crippen molar-refractivity contribution in [2.75, 3.05) is 0 Å². The van der Waals surface area contributed by atoms with Crippen molar-refractivity contribution in [2.45, 2.75) is 36.3 Å². The maximum Gasteiger partial charge on any atom is 2.00 e. The summed E-state index contributed by atoms with van der Waals surface area (Å²) in [4.78, 5) is 0. The molecule has 0 aromatic heterocycles. The Hall–Kier alpha value is 1.12. The Kier molecular flexibility index (Phi) is 6.40. The first-order valence-corrected chi connectivity index (χ1v) is 7.50. The normalized spacial score (nSPS) is 22.3. The third kappa shape index (κ3) is 3.23.